The molecule has 0 N–H and O–H groups in total. The summed E-state index contributed by atoms with van der Waals surface area (Å²) in [6, 6.07) is 15.2. The Hall–Kier alpha value is -2.93. The highest BCUT2D eigenvalue weighted by Gasteiger charge is 2.31. The number of para-hydroxylation sites is 2. The summed E-state index contributed by atoms with van der Waals surface area (Å²) in [6.07, 6.45) is 0.218. The van der Waals surface area contributed by atoms with Crippen molar-refractivity contribution >= 4 is 11.5 Å². The Bertz CT molecular complexity index is 804. The zero-order chi connectivity index (χ0) is 19.9. The lowest BCUT2D eigenvalue weighted by molar-refractivity contribution is -0.506. The topological polar surface area (TPSA) is 75.9 Å². The lowest BCUT2D eigenvalue weighted by atomic mass is 10.0. The number of ketones is 1. The predicted molar refractivity (Wildman–Crippen MR) is 108 cm³/mol. The van der Waals surface area contributed by atoms with Crippen molar-refractivity contribution in [3.8, 4) is 5.75 Å². The summed E-state index contributed by atoms with van der Waals surface area (Å²) in [4.78, 5) is 27.9. The van der Waals surface area contributed by atoms with Gasteiger partial charge in [0.25, 0.3) is 6.04 Å². The molecule has 0 bridgehead atoms. The molecule has 0 aromatic heterocycles. The summed E-state index contributed by atoms with van der Waals surface area (Å²) in [6.45, 7) is 3.75. The van der Waals surface area contributed by atoms with E-state index in [-0.39, 0.29) is 6.42 Å². The van der Waals surface area contributed by atoms with Crippen LogP contribution in [0.1, 0.15) is 16.8 Å². The molecule has 148 valence electrons. The molecule has 0 amide bonds. The van der Waals surface area contributed by atoms with Crippen molar-refractivity contribution in [2.75, 3.05) is 44.7 Å². The second kappa shape index (κ2) is 9.32. The number of carbonyl (C=O) groups is 1. The molecule has 0 saturated carbocycles. The maximum Gasteiger partial charge on any atom is 0.276 e. The molecule has 1 aliphatic rings. The number of piperazine rings is 1. The van der Waals surface area contributed by atoms with Crippen molar-refractivity contribution in [3.63, 3.8) is 0 Å². The number of nitro groups is 1. The van der Waals surface area contributed by atoms with Gasteiger partial charge in [-0.25, -0.2) is 0 Å². The Morgan fingerprint density at radius 3 is 2.36 bits per heavy atom. The Labute approximate surface area is 164 Å². The first-order valence-corrected chi connectivity index (χ1v) is 9.43. The van der Waals surface area contributed by atoms with Gasteiger partial charge in [-0.3, -0.25) is 19.8 Å². The molecule has 1 aliphatic heterocycles. The summed E-state index contributed by atoms with van der Waals surface area (Å²) in [5.41, 5.74) is 1.46. The molecule has 1 unspecified atom stereocenters. The Kier molecular flexibility index (Phi) is 6.60. The fourth-order valence-electron chi connectivity index (χ4n) is 3.54. The normalized spacial score (nSPS) is 15.8. The molecule has 1 atom stereocenters. The van der Waals surface area contributed by atoms with Gasteiger partial charge in [-0.15, -0.1) is 0 Å². The molecule has 0 aliphatic carbocycles. The standard InChI is InChI=1S/C21H25N3O4/c1-28-20-10-6-5-9-18(20)23-15-13-22(14-16-23)12-11-19(24(26)27)21(25)17-7-3-2-4-8-17/h2-10,19H,11-16H2,1H3. The van der Waals surface area contributed by atoms with E-state index in [1.807, 2.05) is 24.3 Å². The summed E-state index contributed by atoms with van der Waals surface area (Å²) in [5, 5.41) is 11.4. The van der Waals surface area contributed by atoms with Gasteiger partial charge < -0.3 is 9.64 Å². The van der Waals surface area contributed by atoms with Gasteiger partial charge >= 0.3 is 0 Å². The number of methoxy groups -OCH3 is 1. The summed E-state index contributed by atoms with van der Waals surface area (Å²) >= 11 is 0. The van der Waals surface area contributed by atoms with E-state index in [1.165, 1.54) is 0 Å². The average molecular weight is 383 g/mol. The van der Waals surface area contributed by atoms with Crippen molar-refractivity contribution in [2.24, 2.45) is 0 Å². The first kappa shape index (κ1) is 19.8. The second-order valence-electron chi connectivity index (χ2n) is 6.82. The van der Waals surface area contributed by atoms with Gasteiger partial charge in [-0.1, -0.05) is 42.5 Å². The molecule has 2 aromatic rings. The van der Waals surface area contributed by atoms with Crippen LogP contribution >= 0.6 is 0 Å². The van der Waals surface area contributed by atoms with Gasteiger partial charge in [0.2, 0.25) is 5.78 Å². The summed E-state index contributed by atoms with van der Waals surface area (Å²) in [7, 11) is 1.66. The van der Waals surface area contributed by atoms with Crippen LogP contribution in [-0.2, 0) is 0 Å². The van der Waals surface area contributed by atoms with Crippen molar-refractivity contribution in [3.05, 3.63) is 70.3 Å². The first-order valence-electron chi connectivity index (χ1n) is 9.43. The molecular weight excluding hydrogens is 358 g/mol. The van der Waals surface area contributed by atoms with E-state index >= 15 is 0 Å². The van der Waals surface area contributed by atoms with Crippen LogP contribution in [0.25, 0.3) is 0 Å². The maximum absolute atomic E-state index is 12.5. The van der Waals surface area contributed by atoms with E-state index in [0.717, 1.165) is 37.6 Å². The number of nitrogens with zero attached hydrogens (tertiary/aromatic N) is 3. The van der Waals surface area contributed by atoms with Crippen molar-refractivity contribution in [2.45, 2.75) is 12.5 Å². The Morgan fingerprint density at radius 2 is 1.71 bits per heavy atom. The van der Waals surface area contributed by atoms with E-state index in [9.17, 15) is 14.9 Å². The van der Waals surface area contributed by atoms with Gasteiger partial charge in [-0.2, -0.15) is 0 Å². The second-order valence-corrected chi connectivity index (χ2v) is 6.82. The number of ether oxygens (including phenoxy) is 1. The smallest absolute Gasteiger partial charge is 0.276 e. The average Bonchev–Trinajstić information content (AvgIpc) is 2.74. The number of Topliss-reactive ketones (excluding diaryl/α,β-unsaturated/α-hetero) is 1. The van der Waals surface area contributed by atoms with Crippen LogP contribution in [0.2, 0.25) is 0 Å². The highest BCUT2D eigenvalue weighted by atomic mass is 16.6. The van der Waals surface area contributed by atoms with E-state index in [4.69, 9.17) is 4.74 Å². The number of carbonyl (C=O) groups excluding carboxylic acids is 1. The monoisotopic (exact) mass is 383 g/mol. The SMILES string of the molecule is COc1ccccc1N1CCN(CCC(C(=O)c2ccccc2)[N+](=O)[O-])CC1. The minimum atomic E-state index is -1.20. The first-order chi connectivity index (χ1) is 13.6. The Balaban J connectivity index is 1.55. The van der Waals surface area contributed by atoms with E-state index in [2.05, 4.69) is 9.80 Å². The third-order valence-electron chi connectivity index (χ3n) is 5.13. The molecule has 28 heavy (non-hydrogen) atoms. The van der Waals surface area contributed by atoms with Crippen LogP contribution in [0.5, 0.6) is 5.75 Å². The third kappa shape index (κ3) is 4.67. The predicted octanol–water partition coefficient (Wildman–Crippen LogP) is 2.74. The maximum atomic E-state index is 12.5. The van der Waals surface area contributed by atoms with Gasteiger partial charge in [-0.05, 0) is 12.1 Å². The summed E-state index contributed by atoms with van der Waals surface area (Å²) < 4.78 is 5.43. The minimum Gasteiger partial charge on any atom is -0.495 e. The Morgan fingerprint density at radius 1 is 1.07 bits per heavy atom. The molecule has 2 aromatic carbocycles. The molecule has 7 nitrogen and oxygen atoms in total. The largest absolute Gasteiger partial charge is 0.495 e. The quantitative estimate of drug-likeness (QED) is 0.396. The van der Waals surface area contributed by atoms with Crippen LogP contribution in [0.4, 0.5) is 5.69 Å². The molecule has 1 saturated heterocycles. The number of anilines is 1. The number of hydrogen-bond acceptors (Lipinski definition) is 6. The lowest BCUT2D eigenvalue weighted by Gasteiger charge is -2.36. The van der Waals surface area contributed by atoms with Crippen LogP contribution < -0.4 is 9.64 Å². The number of benzene rings is 2. The zero-order valence-electron chi connectivity index (χ0n) is 16.0. The number of hydrogen-bond donors (Lipinski definition) is 0. The molecule has 0 radical (unpaired) electrons. The molecule has 7 heteroatoms. The van der Waals surface area contributed by atoms with Crippen LogP contribution in [-0.4, -0.2) is 61.5 Å². The van der Waals surface area contributed by atoms with Crippen LogP contribution in [0, 0.1) is 10.1 Å². The van der Waals surface area contributed by atoms with Crippen molar-refractivity contribution < 1.29 is 14.5 Å². The molecule has 1 fully saturated rings. The van der Waals surface area contributed by atoms with E-state index in [0.29, 0.717) is 12.1 Å². The van der Waals surface area contributed by atoms with Crippen molar-refractivity contribution in [1.29, 1.82) is 0 Å². The van der Waals surface area contributed by atoms with Gasteiger partial charge in [0, 0.05) is 49.6 Å². The zero-order valence-corrected chi connectivity index (χ0v) is 16.0. The number of rotatable bonds is 8. The fourth-order valence-corrected chi connectivity index (χ4v) is 3.54. The van der Waals surface area contributed by atoms with Gasteiger partial charge in [0.05, 0.1) is 12.8 Å². The highest BCUT2D eigenvalue weighted by molar-refractivity contribution is 5.99. The molecule has 3 rings (SSSR count). The van der Waals surface area contributed by atoms with E-state index < -0.39 is 16.7 Å². The van der Waals surface area contributed by atoms with Gasteiger partial charge in [0.15, 0.2) is 0 Å². The highest BCUT2D eigenvalue weighted by Crippen LogP contribution is 2.28. The minimum absolute atomic E-state index is 0.218. The van der Waals surface area contributed by atoms with Crippen LogP contribution in [0.3, 0.4) is 0 Å². The fraction of sp³-hybridized carbons (Fsp3) is 0.381. The molecule has 1 heterocycles. The molecule has 0 spiro atoms. The van der Waals surface area contributed by atoms with Crippen molar-refractivity contribution in [1.82, 2.24) is 4.90 Å². The van der Waals surface area contributed by atoms with Gasteiger partial charge in [0.1, 0.15) is 5.75 Å². The third-order valence-corrected chi connectivity index (χ3v) is 5.13. The molecular formula is C21H25N3O4. The van der Waals surface area contributed by atoms with E-state index in [1.54, 1.807) is 37.4 Å². The lowest BCUT2D eigenvalue weighted by Crippen LogP contribution is -2.47. The summed E-state index contributed by atoms with van der Waals surface area (Å²) in [5.74, 6) is 0.427. The van der Waals surface area contributed by atoms with Crippen LogP contribution in [0.15, 0.2) is 54.6 Å².